The van der Waals surface area contributed by atoms with Crippen molar-refractivity contribution < 1.29 is 0 Å². The van der Waals surface area contributed by atoms with Crippen molar-refractivity contribution in [2.75, 3.05) is 6.54 Å². The molecule has 0 bridgehead atoms. The Morgan fingerprint density at radius 1 is 1.11 bits per heavy atom. The van der Waals surface area contributed by atoms with E-state index in [9.17, 15) is 0 Å². The first-order chi connectivity index (χ1) is 8.45. The fourth-order valence-corrected chi connectivity index (χ4v) is 2.43. The van der Waals surface area contributed by atoms with Gasteiger partial charge in [-0.25, -0.2) is 0 Å². The summed E-state index contributed by atoms with van der Waals surface area (Å²) in [4.78, 5) is 0. The molecule has 100 valence electrons. The van der Waals surface area contributed by atoms with Gasteiger partial charge in [0.05, 0.1) is 0 Å². The number of benzene rings is 1. The molecular formula is C17H27N. The third kappa shape index (κ3) is 3.35. The number of hydrogen-bond donors (Lipinski definition) is 1. The molecule has 1 nitrogen and oxygen atoms in total. The second-order valence-corrected chi connectivity index (χ2v) is 6.90. The largest absolute Gasteiger partial charge is 0.312 e. The van der Waals surface area contributed by atoms with Crippen LogP contribution in [0.2, 0.25) is 0 Å². The van der Waals surface area contributed by atoms with E-state index in [1.165, 1.54) is 36.9 Å². The Bertz CT molecular complexity index is 379. The van der Waals surface area contributed by atoms with Crippen LogP contribution < -0.4 is 5.32 Å². The predicted molar refractivity (Wildman–Crippen MR) is 78.8 cm³/mol. The van der Waals surface area contributed by atoms with E-state index in [-0.39, 0.29) is 5.41 Å². The van der Waals surface area contributed by atoms with Crippen LogP contribution in [0.1, 0.15) is 58.1 Å². The van der Waals surface area contributed by atoms with Crippen molar-refractivity contribution in [2.24, 2.45) is 5.41 Å². The lowest BCUT2D eigenvalue weighted by atomic mass is 9.87. The Morgan fingerprint density at radius 3 is 2.17 bits per heavy atom. The van der Waals surface area contributed by atoms with Gasteiger partial charge in [-0.3, -0.25) is 0 Å². The minimum atomic E-state index is 0.256. The van der Waals surface area contributed by atoms with Crippen molar-refractivity contribution in [3.8, 4) is 0 Å². The van der Waals surface area contributed by atoms with Gasteiger partial charge in [-0.1, -0.05) is 52.0 Å². The lowest BCUT2D eigenvalue weighted by Crippen LogP contribution is -2.23. The first-order valence-electron chi connectivity index (χ1n) is 7.25. The van der Waals surface area contributed by atoms with Crippen LogP contribution in [0.5, 0.6) is 0 Å². The lowest BCUT2D eigenvalue weighted by Gasteiger charge is -2.19. The number of hydrogen-bond acceptors (Lipinski definition) is 1. The van der Waals surface area contributed by atoms with Crippen LogP contribution in [0.3, 0.4) is 0 Å². The highest BCUT2D eigenvalue weighted by Crippen LogP contribution is 2.47. The van der Waals surface area contributed by atoms with Crippen LogP contribution in [0.15, 0.2) is 24.3 Å². The van der Waals surface area contributed by atoms with E-state index < -0.39 is 0 Å². The second kappa shape index (κ2) is 5.05. The molecule has 0 aromatic heterocycles. The first-order valence-corrected chi connectivity index (χ1v) is 7.25. The summed E-state index contributed by atoms with van der Waals surface area (Å²) in [5.74, 6) is 0. The summed E-state index contributed by atoms with van der Waals surface area (Å²) >= 11 is 0. The van der Waals surface area contributed by atoms with E-state index >= 15 is 0 Å². The van der Waals surface area contributed by atoms with E-state index in [1.54, 1.807) is 0 Å². The molecule has 0 saturated heterocycles. The molecule has 1 aromatic carbocycles. The molecule has 0 amide bonds. The van der Waals surface area contributed by atoms with Gasteiger partial charge >= 0.3 is 0 Å². The minimum Gasteiger partial charge on any atom is -0.312 e. The molecule has 1 fully saturated rings. The summed E-state index contributed by atoms with van der Waals surface area (Å²) in [6, 6.07) is 9.06. The Morgan fingerprint density at radius 2 is 1.72 bits per heavy atom. The Labute approximate surface area is 112 Å². The van der Waals surface area contributed by atoms with Gasteiger partial charge in [-0.2, -0.15) is 0 Å². The van der Waals surface area contributed by atoms with Gasteiger partial charge in [0, 0.05) is 13.1 Å². The molecule has 1 N–H and O–H groups in total. The van der Waals surface area contributed by atoms with Gasteiger partial charge in [0.15, 0.2) is 0 Å². The Kier molecular flexibility index (Phi) is 3.82. The summed E-state index contributed by atoms with van der Waals surface area (Å²) in [5.41, 5.74) is 3.71. The average molecular weight is 245 g/mol. The normalized spacial score (nSPS) is 17.8. The van der Waals surface area contributed by atoms with E-state index in [2.05, 4.69) is 57.3 Å². The molecule has 1 aliphatic rings. The molecule has 1 heteroatoms. The van der Waals surface area contributed by atoms with Crippen LogP contribution >= 0.6 is 0 Å². The van der Waals surface area contributed by atoms with Crippen LogP contribution in [0.4, 0.5) is 0 Å². The lowest BCUT2D eigenvalue weighted by molar-refractivity contribution is 0.443. The van der Waals surface area contributed by atoms with Gasteiger partial charge < -0.3 is 5.32 Å². The summed E-state index contributed by atoms with van der Waals surface area (Å²) in [5, 5.41) is 3.61. The second-order valence-electron chi connectivity index (χ2n) is 6.90. The SMILES string of the molecule is CCC1(CNCc2ccc(C(C)(C)C)cc2)CC1. The molecule has 0 spiro atoms. The molecule has 18 heavy (non-hydrogen) atoms. The molecule has 2 rings (SSSR count). The summed E-state index contributed by atoms with van der Waals surface area (Å²) < 4.78 is 0. The third-order valence-electron chi connectivity index (χ3n) is 4.36. The highest BCUT2D eigenvalue weighted by Gasteiger charge is 2.39. The van der Waals surface area contributed by atoms with Crippen LogP contribution in [0, 0.1) is 5.41 Å². The number of nitrogens with one attached hydrogen (secondary N) is 1. The van der Waals surface area contributed by atoms with Gasteiger partial charge in [-0.15, -0.1) is 0 Å². The van der Waals surface area contributed by atoms with Crippen molar-refractivity contribution in [2.45, 2.75) is 58.9 Å². The van der Waals surface area contributed by atoms with E-state index in [4.69, 9.17) is 0 Å². The van der Waals surface area contributed by atoms with E-state index in [0.29, 0.717) is 5.41 Å². The summed E-state index contributed by atoms with van der Waals surface area (Å²) in [6.07, 6.45) is 4.15. The summed E-state index contributed by atoms with van der Waals surface area (Å²) in [6.45, 7) is 11.3. The molecule has 0 radical (unpaired) electrons. The van der Waals surface area contributed by atoms with Crippen molar-refractivity contribution in [1.29, 1.82) is 0 Å². The summed E-state index contributed by atoms with van der Waals surface area (Å²) in [7, 11) is 0. The predicted octanol–water partition coefficient (Wildman–Crippen LogP) is 4.26. The van der Waals surface area contributed by atoms with Crippen molar-refractivity contribution in [1.82, 2.24) is 5.32 Å². The molecule has 1 aromatic rings. The maximum atomic E-state index is 3.61. The topological polar surface area (TPSA) is 12.0 Å². The van der Waals surface area contributed by atoms with E-state index in [1.807, 2.05) is 0 Å². The quantitative estimate of drug-likeness (QED) is 0.817. The van der Waals surface area contributed by atoms with Crippen LogP contribution in [-0.2, 0) is 12.0 Å². The van der Waals surface area contributed by atoms with Crippen LogP contribution in [0.25, 0.3) is 0 Å². The molecule has 0 heterocycles. The van der Waals surface area contributed by atoms with Gasteiger partial charge in [-0.05, 0) is 41.2 Å². The fourth-order valence-electron chi connectivity index (χ4n) is 2.43. The zero-order valence-corrected chi connectivity index (χ0v) is 12.3. The molecule has 0 atom stereocenters. The fraction of sp³-hybridized carbons (Fsp3) is 0.647. The molecule has 1 aliphatic carbocycles. The number of rotatable bonds is 5. The molecule has 0 unspecified atom stereocenters. The third-order valence-corrected chi connectivity index (χ3v) is 4.36. The highest BCUT2D eigenvalue weighted by molar-refractivity contribution is 5.27. The monoisotopic (exact) mass is 245 g/mol. The smallest absolute Gasteiger partial charge is 0.0205 e. The van der Waals surface area contributed by atoms with Crippen molar-refractivity contribution in [3.05, 3.63) is 35.4 Å². The zero-order valence-electron chi connectivity index (χ0n) is 12.3. The zero-order chi connectivity index (χ0) is 13.2. The van der Waals surface area contributed by atoms with Gasteiger partial charge in [0.25, 0.3) is 0 Å². The van der Waals surface area contributed by atoms with Crippen molar-refractivity contribution in [3.63, 3.8) is 0 Å². The molecule has 0 aliphatic heterocycles. The van der Waals surface area contributed by atoms with E-state index in [0.717, 1.165) is 6.54 Å². The molecular weight excluding hydrogens is 218 g/mol. The molecule has 1 saturated carbocycles. The maximum Gasteiger partial charge on any atom is 0.0205 e. The highest BCUT2D eigenvalue weighted by atomic mass is 14.9. The minimum absolute atomic E-state index is 0.256. The maximum absolute atomic E-state index is 3.61. The van der Waals surface area contributed by atoms with Gasteiger partial charge in [0.2, 0.25) is 0 Å². The standard InChI is InChI=1S/C17H27N/c1-5-17(10-11-17)13-18-12-14-6-8-15(9-7-14)16(2,3)4/h6-9,18H,5,10-13H2,1-4H3. The van der Waals surface area contributed by atoms with Crippen LogP contribution in [-0.4, -0.2) is 6.54 Å². The van der Waals surface area contributed by atoms with Crippen molar-refractivity contribution >= 4 is 0 Å². The van der Waals surface area contributed by atoms with Gasteiger partial charge in [0.1, 0.15) is 0 Å². The Balaban J connectivity index is 1.83. The Hall–Kier alpha value is -0.820. The first kappa shape index (κ1) is 13.6. The average Bonchev–Trinajstić information content (AvgIpc) is 3.09.